The van der Waals surface area contributed by atoms with Gasteiger partial charge in [0.1, 0.15) is 5.82 Å². The Hall–Kier alpha value is -0.730. The van der Waals surface area contributed by atoms with E-state index in [1.165, 1.54) is 10.4 Å². The lowest BCUT2D eigenvalue weighted by Gasteiger charge is -2.20. The van der Waals surface area contributed by atoms with Crippen molar-refractivity contribution in [1.82, 2.24) is 9.21 Å². The summed E-state index contributed by atoms with van der Waals surface area (Å²) < 4.78 is 40.2. The van der Waals surface area contributed by atoms with Crippen LogP contribution in [0.1, 0.15) is 12.0 Å². The van der Waals surface area contributed by atoms with Crippen LogP contribution < -0.4 is 0 Å². The lowest BCUT2D eigenvalue weighted by Crippen LogP contribution is -2.34. The standard InChI is InChI=1S/C13H18ClFN2O3S/c1-16(2)10-3-4-17(7-10)21(19,20)11-5-9(8-18)13(14)12(15)6-11/h5-6,10,18H,3-4,7-8H2,1-2H3. The van der Waals surface area contributed by atoms with Crippen molar-refractivity contribution in [2.75, 3.05) is 27.2 Å². The number of hydrogen-bond acceptors (Lipinski definition) is 4. The number of aliphatic hydroxyl groups is 1. The van der Waals surface area contributed by atoms with E-state index in [2.05, 4.69) is 0 Å². The number of rotatable bonds is 4. The molecule has 1 N–H and O–H groups in total. The van der Waals surface area contributed by atoms with Crippen LogP contribution in [-0.4, -0.2) is 56.0 Å². The first kappa shape index (κ1) is 16.6. The van der Waals surface area contributed by atoms with Crippen LogP contribution in [0.3, 0.4) is 0 Å². The van der Waals surface area contributed by atoms with Gasteiger partial charge < -0.3 is 10.0 Å². The molecule has 0 spiro atoms. The van der Waals surface area contributed by atoms with Crippen LogP contribution in [0.4, 0.5) is 4.39 Å². The highest BCUT2D eigenvalue weighted by atomic mass is 35.5. The fourth-order valence-corrected chi connectivity index (χ4v) is 4.11. The van der Waals surface area contributed by atoms with Gasteiger partial charge in [0.15, 0.2) is 0 Å². The second kappa shape index (κ2) is 6.18. The minimum atomic E-state index is -3.78. The Labute approximate surface area is 129 Å². The Morgan fingerprint density at radius 1 is 1.48 bits per heavy atom. The van der Waals surface area contributed by atoms with Gasteiger partial charge in [0.2, 0.25) is 10.0 Å². The summed E-state index contributed by atoms with van der Waals surface area (Å²) in [6, 6.07) is 2.28. The number of hydrogen-bond donors (Lipinski definition) is 1. The van der Waals surface area contributed by atoms with Crippen molar-refractivity contribution < 1.29 is 17.9 Å². The molecular formula is C13H18ClFN2O3S. The average Bonchev–Trinajstić information content (AvgIpc) is 2.92. The van der Waals surface area contributed by atoms with Gasteiger partial charge in [-0.05, 0) is 32.6 Å². The van der Waals surface area contributed by atoms with Gasteiger partial charge in [-0.1, -0.05) is 11.6 Å². The smallest absolute Gasteiger partial charge is 0.243 e. The zero-order chi connectivity index (χ0) is 15.8. The number of aliphatic hydroxyl groups excluding tert-OH is 1. The lowest BCUT2D eigenvalue weighted by atomic mass is 10.2. The summed E-state index contributed by atoms with van der Waals surface area (Å²) in [5, 5.41) is 8.90. The molecule has 0 aliphatic carbocycles. The number of nitrogens with zero attached hydrogens (tertiary/aromatic N) is 2. The molecule has 0 amide bonds. The van der Waals surface area contributed by atoms with Crippen LogP contribution >= 0.6 is 11.6 Å². The van der Waals surface area contributed by atoms with Crippen LogP contribution in [-0.2, 0) is 16.6 Å². The summed E-state index contributed by atoms with van der Waals surface area (Å²) in [7, 11) is 0.0108. The number of likely N-dealkylation sites (N-methyl/N-ethyl adjacent to an activating group) is 1. The van der Waals surface area contributed by atoms with E-state index in [1.54, 1.807) is 0 Å². The largest absolute Gasteiger partial charge is 0.392 e. The highest BCUT2D eigenvalue weighted by Gasteiger charge is 2.34. The third-order valence-electron chi connectivity index (χ3n) is 3.74. The minimum absolute atomic E-state index is 0.0681. The predicted octanol–water partition coefficient (Wildman–Crippen LogP) is 1.30. The number of halogens is 2. The Balaban J connectivity index is 2.35. The normalized spacial score (nSPS) is 20.4. The molecular weight excluding hydrogens is 319 g/mol. The second-order valence-electron chi connectivity index (χ2n) is 5.31. The van der Waals surface area contributed by atoms with Gasteiger partial charge in [-0.2, -0.15) is 4.31 Å². The molecule has 8 heteroatoms. The van der Waals surface area contributed by atoms with Gasteiger partial charge in [0, 0.05) is 24.7 Å². The molecule has 5 nitrogen and oxygen atoms in total. The van der Waals surface area contributed by atoms with Crippen molar-refractivity contribution in [3.63, 3.8) is 0 Å². The molecule has 1 atom stereocenters. The van der Waals surface area contributed by atoms with Gasteiger partial charge in [0.25, 0.3) is 0 Å². The fourth-order valence-electron chi connectivity index (χ4n) is 2.38. The SMILES string of the molecule is CN(C)C1CCN(S(=O)(=O)c2cc(F)c(Cl)c(CO)c2)C1. The quantitative estimate of drug-likeness (QED) is 0.900. The molecule has 0 aromatic heterocycles. The van der Waals surface area contributed by atoms with Crippen LogP contribution in [0.25, 0.3) is 0 Å². The Morgan fingerprint density at radius 3 is 2.67 bits per heavy atom. The minimum Gasteiger partial charge on any atom is -0.392 e. The topological polar surface area (TPSA) is 60.9 Å². The third-order valence-corrected chi connectivity index (χ3v) is 6.01. The molecule has 1 aromatic carbocycles. The van der Waals surface area contributed by atoms with Gasteiger partial charge >= 0.3 is 0 Å². The van der Waals surface area contributed by atoms with Crippen LogP contribution in [0.5, 0.6) is 0 Å². The number of sulfonamides is 1. The van der Waals surface area contributed by atoms with Crippen molar-refractivity contribution in [2.45, 2.75) is 24.0 Å². The molecule has 0 bridgehead atoms. The van der Waals surface area contributed by atoms with Crippen molar-refractivity contribution in [3.05, 3.63) is 28.5 Å². The first-order chi connectivity index (χ1) is 9.77. The highest BCUT2D eigenvalue weighted by molar-refractivity contribution is 7.89. The van der Waals surface area contributed by atoms with E-state index >= 15 is 0 Å². The summed E-state index contributed by atoms with van der Waals surface area (Å²) in [6.07, 6.45) is 0.731. The monoisotopic (exact) mass is 336 g/mol. The molecule has 1 heterocycles. The molecule has 1 unspecified atom stereocenters. The van der Waals surface area contributed by atoms with E-state index in [0.717, 1.165) is 12.5 Å². The molecule has 1 aliphatic heterocycles. The van der Waals surface area contributed by atoms with Crippen LogP contribution in [0.2, 0.25) is 5.02 Å². The van der Waals surface area contributed by atoms with E-state index in [4.69, 9.17) is 16.7 Å². The molecule has 1 aliphatic rings. The van der Waals surface area contributed by atoms with E-state index in [9.17, 15) is 12.8 Å². The van der Waals surface area contributed by atoms with E-state index in [0.29, 0.717) is 13.1 Å². The molecule has 0 radical (unpaired) electrons. The van der Waals surface area contributed by atoms with Crippen LogP contribution in [0, 0.1) is 5.82 Å². The summed E-state index contributed by atoms with van der Waals surface area (Å²) in [5.41, 5.74) is 0.0681. The first-order valence-corrected chi connectivity index (χ1v) is 8.34. The molecule has 2 rings (SSSR count). The third kappa shape index (κ3) is 3.22. The van der Waals surface area contributed by atoms with E-state index in [-0.39, 0.29) is 21.5 Å². The zero-order valence-electron chi connectivity index (χ0n) is 11.9. The van der Waals surface area contributed by atoms with Gasteiger partial charge in [-0.15, -0.1) is 0 Å². The Morgan fingerprint density at radius 2 is 2.14 bits per heavy atom. The predicted molar refractivity (Wildman–Crippen MR) is 78.2 cm³/mol. The maximum Gasteiger partial charge on any atom is 0.243 e. The summed E-state index contributed by atoms with van der Waals surface area (Å²) >= 11 is 5.69. The van der Waals surface area contributed by atoms with Gasteiger partial charge in [0.05, 0.1) is 16.5 Å². The Bertz CT molecular complexity index is 637. The van der Waals surface area contributed by atoms with Crippen molar-refractivity contribution in [1.29, 1.82) is 0 Å². The molecule has 21 heavy (non-hydrogen) atoms. The molecule has 1 saturated heterocycles. The maximum absolute atomic E-state index is 13.7. The fraction of sp³-hybridized carbons (Fsp3) is 0.538. The van der Waals surface area contributed by atoms with Crippen LogP contribution in [0.15, 0.2) is 17.0 Å². The van der Waals surface area contributed by atoms with Crippen molar-refractivity contribution >= 4 is 21.6 Å². The molecule has 118 valence electrons. The summed E-state index contributed by atoms with van der Waals surface area (Å²) in [6.45, 7) is 0.247. The van der Waals surface area contributed by atoms with Gasteiger partial charge in [-0.25, -0.2) is 12.8 Å². The average molecular weight is 337 g/mol. The highest BCUT2D eigenvalue weighted by Crippen LogP contribution is 2.28. The number of benzene rings is 1. The molecule has 1 aromatic rings. The van der Waals surface area contributed by atoms with E-state index < -0.39 is 22.4 Å². The molecule has 0 saturated carbocycles. The van der Waals surface area contributed by atoms with Crippen molar-refractivity contribution in [2.24, 2.45) is 0 Å². The lowest BCUT2D eigenvalue weighted by molar-refractivity contribution is 0.281. The second-order valence-corrected chi connectivity index (χ2v) is 7.62. The summed E-state index contributed by atoms with van der Waals surface area (Å²) in [5.74, 6) is -0.842. The van der Waals surface area contributed by atoms with E-state index in [1.807, 2.05) is 19.0 Å². The zero-order valence-corrected chi connectivity index (χ0v) is 13.5. The first-order valence-electron chi connectivity index (χ1n) is 6.52. The molecule has 1 fully saturated rings. The Kier molecular flexibility index (Phi) is 4.89. The van der Waals surface area contributed by atoms with Crippen molar-refractivity contribution in [3.8, 4) is 0 Å². The van der Waals surface area contributed by atoms with Gasteiger partial charge in [-0.3, -0.25) is 0 Å². The maximum atomic E-state index is 13.7. The summed E-state index contributed by atoms with van der Waals surface area (Å²) in [4.78, 5) is 1.80.